The van der Waals surface area contributed by atoms with Crippen LogP contribution in [0.3, 0.4) is 0 Å². The molecule has 0 spiro atoms. The molecule has 1 aromatic heterocycles. The van der Waals surface area contributed by atoms with Crippen molar-refractivity contribution in [3.8, 4) is 11.4 Å². The number of hydrogen-bond acceptors (Lipinski definition) is 3. The molecule has 1 aromatic carbocycles. The maximum atomic E-state index is 11.4. The molecule has 0 radical (unpaired) electrons. The van der Waals surface area contributed by atoms with Gasteiger partial charge >= 0.3 is 0 Å². The molecule has 2 rings (SSSR count). The SMILES string of the molecule is Cc1ccc(-c2nc(CN)cc(=O)[nH]2)cc1. The number of hydrogen-bond donors (Lipinski definition) is 2. The molecular formula is C12H13N3O. The fraction of sp³-hybridized carbons (Fsp3) is 0.167. The van der Waals surface area contributed by atoms with Crippen molar-refractivity contribution < 1.29 is 0 Å². The third kappa shape index (κ3) is 2.17. The molecule has 0 atom stereocenters. The van der Waals surface area contributed by atoms with Crippen molar-refractivity contribution in [1.82, 2.24) is 9.97 Å². The Morgan fingerprint density at radius 1 is 1.31 bits per heavy atom. The van der Waals surface area contributed by atoms with E-state index in [1.807, 2.05) is 31.2 Å². The number of aryl methyl sites for hydroxylation is 1. The van der Waals surface area contributed by atoms with Gasteiger partial charge in [0, 0.05) is 18.2 Å². The van der Waals surface area contributed by atoms with Gasteiger partial charge in [-0.05, 0) is 6.92 Å². The second-order valence-corrected chi connectivity index (χ2v) is 3.66. The van der Waals surface area contributed by atoms with Crippen LogP contribution in [0.4, 0.5) is 0 Å². The van der Waals surface area contributed by atoms with Crippen molar-refractivity contribution in [2.75, 3.05) is 0 Å². The minimum atomic E-state index is -0.175. The molecule has 3 N–H and O–H groups in total. The van der Waals surface area contributed by atoms with Crippen LogP contribution in [0.15, 0.2) is 35.1 Å². The number of nitrogens with one attached hydrogen (secondary N) is 1. The largest absolute Gasteiger partial charge is 0.325 e. The Balaban J connectivity index is 2.51. The van der Waals surface area contributed by atoms with Crippen LogP contribution >= 0.6 is 0 Å². The molecule has 16 heavy (non-hydrogen) atoms. The number of aromatic nitrogens is 2. The summed E-state index contributed by atoms with van der Waals surface area (Å²) >= 11 is 0. The zero-order valence-corrected chi connectivity index (χ0v) is 9.03. The first-order valence-electron chi connectivity index (χ1n) is 5.06. The number of benzene rings is 1. The molecule has 0 amide bonds. The summed E-state index contributed by atoms with van der Waals surface area (Å²) in [5.74, 6) is 0.563. The highest BCUT2D eigenvalue weighted by Gasteiger charge is 2.02. The Labute approximate surface area is 93.2 Å². The lowest BCUT2D eigenvalue weighted by Gasteiger charge is -2.03. The lowest BCUT2D eigenvalue weighted by atomic mass is 10.1. The van der Waals surface area contributed by atoms with Crippen molar-refractivity contribution in [2.45, 2.75) is 13.5 Å². The van der Waals surface area contributed by atoms with Crippen LogP contribution in [0.2, 0.25) is 0 Å². The minimum absolute atomic E-state index is 0.175. The molecule has 0 aliphatic rings. The molecule has 4 heteroatoms. The average molecular weight is 215 g/mol. The van der Waals surface area contributed by atoms with Crippen molar-refractivity contribution >= 4 is 0 Å². The van der Waals surface area contributed by atoms with Gasteiger partial charge in [0.15, 0.2) is 0 Å². The topological polar surface area (TPSA) is 71.8 Å². The van der Waals surface area contributed by atoms with Crippen LogP contribution in [-0.2, 0) is 6.54 Å². The Morgan fingerprint density at radius 3 is 2.62 bits per heavy atom. The molecule has 0 saturated heterocycles. The lowest BCUT2D eigenvalue weighted by Crippen LogP contribution is -2.12. The summed E-state index contributed by atoms with van der Waals surface area (Å²) in [6.07, 6.45) is 0. The molecule has 4 nitrogen and oxygen atoms in total. The predicted octanol–water partition coefficient (Wildman–Crippen LogP) is 1.20. The molecule has 0 unspecified atom stereocenters. The van der Waals surface area contributed by atoms with Crippen LogP contribution in [0.25, 0.3) is 11.4 Å². The average Bonchev–Trinajstić information content (AvgIpc) is 2.29. The van der Waals surface area contributed by atoms with Gasteiger partial charge in [-0.15, -0.1) is 0 Å². The van der Waals surface area contributed by atoms with Gasteiger partial charge in [0.25, 0.3) is 5.56 Å². The van der Waals surface area contributed by atoms with Gasteiger partial charge in [-0.25, -0.2) is 4.98 Å². The summed E-state index contributed by atoms with van der Waals surface area (Å²) in [5, 5.41) is 0. The standard InChI is InChI=1S/C12H13N3O/c1-8-2-4-9(5-3-8)12-14-10(7-13)6-11(16)15-12/h2-6H,7,13H2,1H3,(H,14,15,16). The highest BCUT2D eigenvalue weighted by molar-refractivity contribution is 5.55. The summed E-state index contributed by atoms with van der Waals surface area (Å²) in [5.41, 5.74) is 7.95. The molecular weight excluding hydrogens is 202 g/mol. The summed E-state index contributed by atoms with van der Waals surface area (Å²) in [4.78, 5) is 18.3. The first-order valence-corrected chi connectivity index (χ1v) is 5.06. The molecule has 0 aliphatic heterocycles. The van der Waals surface area contributed by atoms with Gasteiger partial charge in [-0.1, -0.05) is 29.8 Å². The lowest BCUT2D eigenvalue weighted by molar-refractivity contribution is 0.956. The Bertz CT molecular complexity index is 543. The fourth-order valence-electron chi connectivity index (χ4n) is 1.46. The van der Waals surface area contributed by atoms with Crippen molar-refractivity contribution in [3.63, 3.8) is 0 Å². The third-order valence-corrected chi connectivity index (χ3v) is 2.33. The van der Waals surface area contributed by atoms with E-state index < -0.39 is 0 Å². The van der Waals surface area contributed by atoms with E-state index in [0.29, 0.717) is 11.5 Å². The van der Waals surface area contributed by atoms with E-state index >= 15 is 0 Å². The van der Waals surface area contributed by atoms with E-state index in [2.05, 4.69) is 9.97 Å². The molecule has 1 heterocycles. The molecule has 0 fully saturated rings. The van der Waals surface area contributed by atoms with Gasteiger partial charge in [0.1, 0.15) is 5.82 Å². The number of rotatable bonds is 2. The Hall–Kier alpha value is -1.94. The smallest absolute Gasteiger partial charge is 0.251 e. The summed E-state index contributed by atoms with van der Waals surface area (Å²) in [6.45, 7) is 2.28. The first-order chi connectivity index (χ1) is 7.69. The molecule has 2 aromatic rings. The molecule has 82 valence electrons. The highest BCUT2D eigenvalue weighted by atomic mass is 16.1. The monoisotopic (exact) mass is 215 g/mol. The van der Waals surface area contributed by atoms with E-state index in [1.54, 1.807) is 0 Å². The molecule has 0 aliphatic carbocycles. The molecule has 0 bridgehead atoms. The second-order valence-electron chi connectivity index (χ2n) is 3.66. The van der Waals surface area contributed by atoms with E-state index in [4.69, 9.17) is 5.73 Å². The first kappa shape index (κ1) is 10.6. The number of nitrogens with two attached hydrogens (primary N) is 1. The van der Waals surface area contributed by atoms with Crippen molar-refractivity contribution in [1.29, 1.82) is 0 Å². The second kappa shape index (κ2) is 4.28. The van der Waals surface area contributed by atoms with Gasteiger partial charge < -0.3 is 10.7 Å². The maximum Gasteiger partial charge on any atom is 0.251 e. The number of aromatic amines is 1. The Kier molecular flexibility index (Phi) is 2.83. The fourth-order valence-corrected chi connectivity index (χ4v) is 1.46. The number of nitrogens with zero attached hydrogens (tertiary/aromatic N) is 1. The van der Waals surface area contributed by atoms with Crippen LogP contribution in [0.1, 0.15) is 11.3 Å². The Morgan fingerprint density at radius 2 is 2.00 bits per heavy atom. The maximum absolute atomic E-state index is 11.4. The minimum Gasteiger partial charge on any atom is -0.325 e. The van der Waals surface area contributed by atoms with Crippen LogP contribution in [0, 0.1) is 6.92 Å². The zero-order valence-electron chi connectivity index (χ0n) is 9.03. The summed E-state index contributed by atoms with van der Waals surface area (Å²) in [7, 11) is 0. The predicted molar refractivity (Wildman–Crippen MR) is 62.9 cm³/mol. The van der Waals surface area contributed by atoms with E-state index in [1.165, 1.54) is 11.6 Å². The van der Waals surface area contributed by atoms with Crippen molar-refractivity contribution in [2.24, 2.45) is 5.73 Å². The van der Waals surface area contributed by atoms with Crippen LogP contribution < -0.4 is 11.3 Å². The van der Waals surface area contributed by atoms with Gasteiger partial charge in [0.05, 0.1) is 5.69 Å². The van der Waals surface area contributed by atoms with Gasteiger partial charge in [-0.2, -0.15) is 0 Å². The zero-order chi connectivity index (χ0) is 11.5. The highest BCUT2D eigenvalue weighted by Crippen LogP contribution is 2.14. The van der Waals surface area contributed by atoms with Crippen molar-refractivity contribution in [3.05, 3.63) is 51.9 Å². The quantitative estimate of drug-likeness (QED) is 0.790. The van der Waals surface area contributed by atoms with Crippen LogP contribution in [0.5, 0.6) is 0 Å². The van der Waals surface area contributed by atoms with Gasteiger partial charge in [-0.3, -0.25) is 4.79 Å². The van der Waals surface area contributed by atoms with Crippen LogP contribution in [-0.4, -0.2) is 9.97 Å². The molecule has 0 saturated carbocycles. The number of H-pyrrole nitrogens is 1. The van der Waals surface area contributed by atoms with E-state index in [0.717, 1.165) is 5.56 Å². The summed E-state index contributed by atoms with van der Waals surface area (Å²) < 4.78 is 0. The normalized spacial score (nSPS) is 10.4. The van der Waals surface area contributed by atoms with E-state index in [-0.39, 0.29) is 12.1 Å². The van der Waals surface area contributed by atoms with E-state index in [9.17, 15) is 4.79 Å². The summed E-state index contributed by atoms with van der Waals surface area (Å²) in [6, 6.07) is 9.22. The van der Waals surface area contributed by atoms with Gasteiger partial charge in [0.2, 0.25) is 0 Å². The third-order valence-electron chi connectivity index (χ3n) is 2.33.